The van der Waals surface area contributed by atoms with Gasteiger partial charge in [-0.05, 0) is 13.2 Å². The van der Waals surface area contributed by atoms with E-state index in [1.54, 1.807) is 19.3 Å². The summed E-state index contributed by atoms with van der Waals surface area (Å²) in [4.78, 5) is 12.2. The molecule has 0 atom stereocenters. The van der Waals surface area contributed by atoms with Crippen LogP contribution in [0.5, 0.6) is 0 Å². The summed E-state index contributed by atoms with van der Waals surface area (Å²) in [5, 5.41) is 3.66. The van der Waals surface area contributed by atoms with Gasteiger partial charge in [-0.15, -0.1) is 23.1 Å². The zero-order valence-electron chi connectivity index (χ0n) is 9.09. The summed E-state index contributed by atoms with van der Waals surface area (Å²) in [5.41, 5.74) is -0.241. The van der Waals surface area contributed by atoms with Crippen LogP contribution in [-0.4, -0.2) is 12.2 Å². The van der Waals surface area contributed by atoms with E-state index in [9.17, 15) is 13.6 Å². The highest BCUT2D eigenvalue weighted by atomic mass is 35.5. The summed E-state index contributed by atoms with van der Waals surface area (Å²) in [6.45, 7) is 1.70. The average molecular weight is 298 g/mol. The lowest BCUT2D eigenvalue weighted by Crippen LogP contribution is -2.13. The molecule has 1 heterocycles. The molecule has 94 valence electrons. The second kappa shape index (κ2) is 6.37. The van der Waals surface area contributed by atoms with Crippen LogP contribution in [0.25, 0.3) is 0 Å². The minimum atomic E-state index is -2.66. The molecule has 1 amide bonds. The second-order valence-corrected chi connectivity index (χ2v) is 5.28. The Morgan fingerprint density at radius 3 is 2.76 bits per heavy atom. The van der Waals surface area contributed by atoms with Crippen molar-refractivity contribution in [1.82, 2.24) is 0 Å². The van der Waals surface area contributed by atoms with Gasteiger partial charge in [-0.25, -0.2) is 8.78 Å². The highest BCUT2D eigenvalue weighted by Gasteiger charge is 2.20. The molecule has 0 unspecified atom stereocenters. The Morgan fingerprint density at radius 2 is 2.29 bits per heavy atom. The number of hydrogen-bond donors (Lipinski definition) is 1. The Balaban J connectivity index is 2.95. The summed E-state index contributed by atoms with van der Waals surface area (Å²) < 4.78 is 25.4. The topological polar surface area (TPSA) is 29.1 Å². The van der Waals surface area contributed by atoms with Crippen LogP contribution < -0.4 is 5.32 Å². The van der Waals surface area contributed by atoms with Gasteiger partial charge in [0.25, 0.3) is 12.3 Å². The van der Waals surface area contributed by atoms with Gasteiger partial charge in [-0.2, -0.15) is 0 Å². The van der Waals surface area contributed by atoms with E-state index in [2.05, 4.69) is 5.32 Å². The van der Waals surface area contributed by atoms with Gasteiger partial charge in [0, 0.05) is 5.38 Å². The smallest absolute Gasteiger partial charge is 0.266 e. The molecule has 0 aliphatic rings. The van der Waals surface area contributed by atoms with Crippen molar-refractivity contribution in [2.75, 3.05) is 11.6 Å². The third-order valence-corrected chi connectivity index (χ3v) is 4.05. The van der Waals surface area contributed by atoms with Crippen LogP contribution in [0.2, 0.25) is 4.34 Å². The van der Waals surface area contributed by atoms with E-state index in [1.807, 2.05) is 0 Å². The second-order valence-electron chi connectivity index (χ2n) is 2.95. The van der Waals surface area contributed by atoms with Crippen LogP contribution in [0.15, 0.2) is 16.4 Å². The number of halogens is 3. The van der Waals surface area contributed by atoms with E-state index in [0.29, 0.717) is 4.91 Å². The van der Waals surface area contributed by atoms with E-state index in [1.165, 1.54) is 17.1 Å². The van der Waals surface area contributed by atoms with Crippen LogP contribution in [0.1, 0.15) is 18.9 Å². The quantitative estimate of drug-likeness (QED) is 0.826. The van der Waals surface area contributed by atoms with Crippen molar-refractivity contribution in [2.45, 2.75) is 13.3 Å². The predicted octanol–water partition coefficient (Wildman–Crippen LogP) is 4.54. The maximum Gasteiger partial charge on any atom is 0.266 e. The summed E-state index contributed by atoms with van der Waals surface area (Å²) in [5.74, 6) is -0.429. The van der Waals surface area contributed by atoms with Gasteiger partial charge in [0.05, 0.1) is 16.2 Å². The van der Waals surface area contributed by atoms with E-state index in [0.717, 1.165) is 11.3 Å². The summed E-state index contributed by atoms with van der Waals surface area (Å²) in [6.07, 6.45) is 0.693. The van der Waals surface area contributed by atoms with Gasteiger partial charge in [-0.1, -0.05) is 17.7 Å². The van der Waals surface area contributed by atoms with Gasteiger partial charge in [-0.3, -0.25) is 4.79 Å². The fourth-order valence-corrected chi connectivity index (χ4v) is 2.65. The molecular weight excluding hydrogens is 288 g/mol. The third-order valence-electron chi connectivity index (χ3n) is 1.95. The largest absolute Gasteiger partial charge is 0.319 e. The number of carbonyl (C=O) groups excluding carboxylic acids is 1. The van der Waals surface area contributed by atoms with E-state index < -0.39 is 12.3 Å². The zero-order valence-corrected chi connectivity index (χ0v) is 11.5. The van der Waals surface area contributed by atoms with Gasteiger partial charge < -0.3 is 5.32 Å². The Bertz CT molecular complexity index is 446. The molecule has 0 radical (unpaired) electrons. The molecule has 0 aliphatic heterocycles. The van der Waals surface area contributed by atoms with E-state index >= 15 is 0 Å². The van der Waals surface area contributed by atoms with Crippen LogP contribution in [0.3, 0.4) is 0 Å². The number of alkyl halides is 2. The summed E-state index contributed by atoms with van der Waals surface area (Å²) in [7, 11) is 0. The number of hydrogen-bond acceptors (Lipinski definition) is 3. The minimum Gasteiger partial charge on any atom is -0.319 e. The molecule has 0 fully saturated rings. The average Bonchev–Trinajstić information content (AvgIpc) is 2.62. The number of allylic oxidation sites excluding steroid dienone is 1. The minimum absolute atomic E-state index is 0.00469. The van der Waals surface area contributed by atoms with Gasteiger partial charge in [0.15, 0.2) is 0 Å². The van der Waals surface area contributed by atoms with Gasteiger partial charge >= 0.3 is 0 Å². The summed E-state index contributed by atoms with van der Waals surface area (Å²) >= 11 is 7.98. The molecule has 7 heteroatoms. The van der Waals surface area contributed by atoms with Gasteiger partial charge in [0.1, 0.15) is 4.34 Å². The van der Waals surface area contributed by atoms with Crippen LogP contribution in [0.4, 0.5) is 14.5 Å². The lowest BCUT2D eigenvalue weighted by Gasteiger charge is -2.08. The SMILES string of the molecule is C/C=C(\SC)C(=O)Nc1c(C(F)F)csc1Cl. The standard InChI is InChI=1S/C10H10ClF2NOS2/c1-3-6(16-2)10(15)14-7-5(9(12)13)4-17-8(7)11/h3-4,9H,1-2H3,(H,14,15)/b6-3-. The van der Waals surface area contributed by atoms with Crippen molar-refractivity contribution in [3.8, 4) is 0 Å². The number of amides is 1. The molecule has 1 rings (SSSR count). The lowest BCUT2D eigenvalue weighted by molar-refractivity contribution is -0.112. The number of rotatable bonds is 4. The Morgan fingerprint density at radius 1 is 1.65 bits per heavy atom. The number of nitrogens with one attached hydrogen (secondary N) is 1. The molecule has 0 saturated heterocycles. The highest BCUT2D eigenvalue weighted by molar-refractivity contribution is 8.03. The number of carbonyl (C=O) groups is 1. The van der Waals surface area contributed by atoms with Crippen molar-refractivity contribution >= 4 is 46.3 Å². The maximum atomic E-state index is 12.6. The fraction of sp³-hybridized carbons (Fsp3) is 0.300. The lowest BCUT2D eigenvalue weighted by atomic mass is 10.3. The van der Waals surface area contributed by atoms with Crippen molar-refractivity contribution in [3.05, 3.63) is 26.3 Å². The fourth-order valence-electron chi connectivity index (χ4n) is 1.15. The maximum absolute atomic E-state index is 12.6. The van der Waals surface area contributed by atoms with Crippen LogP contribution >= 0.6 is 34.7 Å². The first kappa shape index (κ1) is 14.5. The number of thioether (sulfide) groups is 1. The molecule has 1 aromatic rings. The predicted molar refractivity (Wildman–Crippen MR) is 70.2 cm³/mol. The molecule has 0 aromatic carbocycles. The first-order valence-electron chi connectivity index (χ1n) is 4.58. The molecule has 1 N–H and O–H groups in total. The Kier molecular flexibility index (Phi) is 5.42. The molecule has 0 spiro atoms. The molecule has 1 aromatic heterocycles. The number of thiophene rings is 1. The molecule has 0 aliphatic carbocycles. The zero-order chi connectivity index (χ0) is 13.0. The van der Waals surface area contributed by atoms with Crippen molar-refractivity contribution < 1.29 is 13.6 Å². The van der Waals surface area contributed by atoms with Crippen molar-refractivity contribution in [1.29, 1.82) is 0 Å². The Hall–Kier alpha value is -0.590. The molecule has 0 saturated carbocycles. The molecular formula is C10H10ClF2NOS2. The summed E-state index contributed by atoms with van der Waals surface area (Å²) in [6, 6.07) is 0. The van der Waals surface area contributed by atoms with Crippen LogP contribution in [-0.2, 0) is 4.79 Å². The monoisotopic (exact) mass is 297 g/mol. The molecule has 0 bridgehead atoms. The highest BCUT2D eigenvalue weighted by Crippen LogP contribution is 2.38. The van der Waals surface area contributed by atoms with E-state index in [4.69, 9.17) is 11.6 Å². The van der Waals surface area contributed by atoms with Crippen LogP contribution in [0, 0.1) is 0 Å². The number of anilines is 1. The third kappa shape index (κ3) is 3.43. The first-order valence-corrected chi connectivity index (χ1v) is 7.06. The molecule has 17 heavy (non-hydrogen) atoms. The van der Waals surface area contributed by atoms with Crippen molar-refractivity contribution in [3.63, 3.8) is 0 Å². The Labute approximate surface area is 111 Å². The first-order chi connectivity index (χ1) is 8.01. The van der Waals surface area contributed by atoms with Crippen molar-refractivity contribution in [2.24, 2.45) is 0 Å². The van der Waals surface area contributed by atoms with E-state index in [-0.39, 0.29) is 15.6 Å². The molecule has 2 nitrogen and oxygen atoms in total. The normalized spacial score (nSPS) is 12.0. The van der Waals surface area contributed by atoms with Gasteiger partial charge in [0.2, 0.25) is 0 Å².